The molecule has 5 N–H and O–H groups in total. The lowest BCUT2D eigenvalue weighted by Gasteiger charge is -2.16. The molecule has 0 aliphatic heterocycles. The molecule has 0 aromatic heterocycles. The Balaban J connectivity index is 2.27. The number of hydrogen-bond acceptors (Lipinski definition) is 5. The van der Waals surface area contributed by atoms with Crippen LogP contribution in [0.3, 0.4) is 0 Å². The van der Waals surface area contributed by atoms with E-state index in [1.54, 1.807) is 6.92 Å². The highest BCUT2D eigenvalue weighted by Crippen LogP contribution is 2.26. The number of aryl methyl sites for hydroxylation is 2. The Morgan fingerprint density at radius 2 is 1.86 bits per heavy atom. The fourth-order valence-electron chi connectivity index (χ4n) is 3.06. The number of rotatable bonds is 7. The lowest BCUT2D eigenvalue weighted by atomic mass is 10.0. The van der Waals surface area contributed by atoms with Crippen molar-refractivity contribution in [1.82, 2.24) is 0 Å². The number of nitrogens with one attached hydrogen (secondary N) is 1. The molecule has 0 aliphatic rings. The topological polar surface area (TPSA) is 103 Å². The quantitative estimate of drug-likeness (QED) is 0.642. The number of carbonyl (C=O) groups is 1. The van der Waals surface area contributed by atoms with Crippen LogP contribution in [0.1, 0.15) is 29.2 Å². The Morgan fingerprint density at radius 3 is 2.43 bits per heavy atom. The number of primary amides is 1. The average molecular weight is 380 g/mol. The summed E-state index contributed by atoms with van der Waals surface area (Å²) in [5.41, 5.74) is 17.9. The fraction of sp³-hybridized carbons (Fsp3) is 0.273. The average Bonchev–Trinajstić information content (AvgIpc) is 2.67. The van der Waals surface area contributed by atoms with Crippen LogP contribution < -0.4 is 21.5 Å². The van der Waals surface area contributed by atoms with Crippen molar-refractivity contribution in [2.24, 2.45) is 16.5 Å². The van der Waals surface area contributed by atoms with Gasteiger partial charge in [-0.2, -0.15) is 0 Å². The van der Waals surface area contributed by atoms with Crippen LogP contribution in [0.25, 0.3) is 5.70 Å². The molecular formula is C22H28N4O2. The molecule has 0 saturated heterocycles. The molecule has 2 rings (SSSR count). The normalized spacial score (nSPS) is 12.4. The van der Waals surface area contributed by atoms with Crippen LogP contribution in [0.2, 0.25) is 0 Å². The molecule has 1 amide bonds. The van der Waals surface area contributed by atoms with Gasteiger partial charge in [0.15, 0.2) is 0 Å². The molecule has 0 heterocycles. The van der Waals surface area contributed by atoms with E-state index in [1.165, 1.54) is 12.6 Å². The first kappa shape index (κ1) is 21.0. The van der Waals surface area contributed by atoms with Crippen molar-refractivity contribution < 1.29 is 9.53 Å². The monoisotopic (exact) mass is 380 g/mol. The fourth-order valence-corrected chi connectivity index (χ4v) is 3.06. The minimum Gasteiger partial charge on any atom is -0.489 e. The van der Waals surface area contributed by atoms with E-state index in [1.807, 2.05) is 44.3 Å². The van der Waals surface area contributed by atoms with Crippen molar-refractivity contribution in [2.75, 3.05) is 19.4 Å². The van der Waals surface area contributed by atoms with Crippen molar-refractivity contribution in [3.8, 4) is 5.75 Å². The van der Waals surface area contributed by atoms with E-state index in [4.69, 9.17) is 16.2 Å². The van der Waals surface area contributed by atoms with E-state index >= 15 is 0 Å². The van der Waals surface area contributed by atoms with Crippen molar-refractivity contribution in [3.63, 3.8) is 0 Å². The summed E-state index contributed by atoms with van der Waals surface area (Å²) < 4.78 is 6.05. The van der Waals surface area contributed by atoms with E-state index in [2.05, 4.69) is 23.3 Å². The van der Waals surface area contributed by atoms with Crippen molar-refractivity contribution >= 4 is 23.0 Å². The second kappa shape index (κ2) is 9.08. The number of benzene rings is 2. The van der Waals surface area contributed by atoms with Gasteiger partial charge in [-0.1, -0.05) is 12.1 Å². The zero-order valence-corrected chi connectivity index (χ0v) is 17.1. The molecule has 6 nitrogen and oxygen atoms in total. The summed E-state index contributed by atoms with van der Waals surface area (Å²) >= 11 is 0. The van der Waals surface area contributed by atoms with Gasteiger partial charge < -0.3 is 21.5 Å². The summed E-state index contributed by atoms with van der Waals surface area (Å²) in [5.74, 6) is 0.178. The second-order valence-corrected chi connectivity index (χ2v) is 6.60. The van der Waals surface area contributed by atoms with Gasteiger partial charge in [0.1, 0.15) is 18.1 Å². The van der Waals surface area contributed by atoms with E-state index in [-0.39, 0.29) is 5.71 Å². The molecule has 28 heavy (non-hydrogen) atoms. The third kappa shape index (κ3) is 4.52. The van der Waals surface area contributed by atoms with E-state index in [0.717, 1.165) is 28.1 Å². The summed E-state index contributed by atoms with van der Waals surface area (Å²) in [6, 6.07) is 11.8. The van der Waals surface area contributed by atoms with E-state index in [0.29, 0.717) is 17.9 Å². The minimum atomic E-state index is -0.599. The molecule has 0 bridgehead atoms. The van der Waals surface area contributed by atoms with Crippen molar-refractivity contribution in [2.45, 2.75) is 27.4 Å². The maximum Gasteiger partial charge on any atom is 0.267 e. The summed E-state index contributed by atoms with van der Waals surface area (Å²) in [7, 11) is 3.42. The molecular weight excluding hydrogens is 352 g/mol. The van der Waals surface area contributed by atoms with Gasteiger partial charge in [-0.15, -0.1) is 0 Å². The molecule has 0 aliphatic carbocycles. The zero-order valence-electron chi connectivity index (χ0n) is 17.1. The Kier molecular flexibility index (Phi) is 6.82. The largest absolute Gasteiger partial charge is 0.489 e. The van der Waals surface area contributed by atoms with Crippen LogP contribution in [0.4, 0.5) is 5.69 Å². The number of hydrogen-bond donors (Lipinski definition) is 3. The van der Waals surface area contributed by atoms with Gasteiger partial charge in [0, 0.05) is 36.6 Å². The second-order valence-electron chi connectivity index (χ2n) is 6.60. The molecule has 0 atom stereocenters. The molecule has 0 fully saturated rings. The summed E-state index contributed by atoms with van der Waals surface area (Å²) in [6.45, 7) is 6.22. The summed E-state index contributed by atoms with van der Waals surface area (Å²) in [6.07, 6.45) is 0. The summed E-state index contributed by atoms with van der Waals surface area (Å²) in [4.78, 5) is 15.4. The first-order chi connectivity index (χ1) is 13.3. The molecule has 0 unspecified atom stereocenters. The number of nitrogens with two attached hydrogens (primary N) is 2. The molecule has 2 aromatic carbocycles. The maximum atomic E-state index is 11.5. The molecule has 0 spiro atoms. The van der Waals surface area contributed by atoms with Crippen LogP contribution >= 0.6 is 0 Å². The Morgan fingerprint density at radius 1 is 1.14 bits per heavy atom. The standard InChI is InChI=1S/C22H28N4O2/c1-13-7-6-8-18(25-4)17(13)12-28-19-10-9-16(11-14(19)2)20(23)15(3)21(26-5)22(24)27/h6-11,25H,12,23H2,1-5H3,(H2,24,27). The highest BCUT2D eigenvalue weighted by atomic mass is 16.5. The Hall–Kier alpha value is -3.28. The van der Waals surface area contributed by atoms with Crippen LogP contribution in [-0.2, 0) is 11.4 Å². The molecule has 6 heteroatoms. The first-order valence-electron chi connectivity index (χ1n) is 9.03. The molecule has 0 radical (unpaired) electrons. The van der Waals surface area contributed by atoms with E-state index < -0.39 is 5.91 Å². The number of anilines is 1. The lowest BCUT2D eigenvalue weighted by Crippen LogP contribution is -2.25. The van der Waals surface area contributed by atoms with Crippen LogP contribution in [0.5, 0.6) is 5.75 Å². The first-order valence-corrected chi connectivity index (χ1v) is 9.03. The number of ether oxygens (including phenoxy) is 1. The van der Waals surface area contributed by atoms with Crippen LogP contribution in [0, 0.1) is 13.8 Å². The van der Waals surface area contributed by atoms with Gasteiger partial charge in [-0.25, -0.2) is 0 Å². The third-order valence-electron chi connectivity index (χ3n) is 4.75. The minimum absolute atomic E-state index is 0.176. The lowest BCUT2D eigenvalue weighted by molar-refractivity contribution is -0.111. The number of nitrogens with zero attached hydrogens (tertiary/aromatic N) is 1. The Bertz CT molecular complexity index is 946. The van der Waals surface area contributed by atoms with Crippen molar-refractivity contribution in [3.05, 3.63) is 64.2 Å². The van der Waals surface area contributed by atoms with E-state index in [9.17, 15) is 4.79 Å². The highest BCUT2D eigenvalue weighted by molar-refractivity contribution is 6.45. The molecule has 148 valence electrons. The SMILES string of the molecule is CN=C(C(N)=O)C(C)=C(N)c1ccc(OCc2c(C)cccc2NC)c(C)c1. The van der Waals surface area contributed by atoms with Gasteiger partial charge in [-0.05, 0) is 61.7 Å². The van der Waals surface area contributed by atoms with Gasteiger partial charge in [0.2, 0.25) is 0 Å². The smallest absolute Gasteiger partial charge is 0.267 e. The molecule has 0 saturated carbocycles. The van der Waals surface area contributed by atoms with Gasteiger partial charge in [0.25, 0.3) is 5.91 Å². The van der Waals surface area contributed by atoms with Gasteiger partial charge >= 0.3 is 0 Å². The van der Waals surface area contributed by atoms with Crippen LogP contribution in [0.15, 0.2) is 47.0 Å². The zero-order chi connectivity index (χ0) is 20.8. The predicted molar refractivity (Wildman–Crippen MR) is 116 cm³/mol. The van der Waals surface area contributed by atoms with Crippen molar-refractivity contribution in [1.29, 1.82) is 0 Å². The molecule has 2 aromatic rings. The predicted octanol–water partition coefficient (Wildman–Crippen LogP) is 3.17. The number of carbonyl (C=O) groups excluding carboxylic acids is 1. The van der Waals surface area contributed by atoms with Gasteiger partial charge in [0.05, 0.1) is 0 Å². The van der Waals surface area contributed by atoms with Crippen LogP contribution in [-0.4, -0.2) is 25.7 Å². The van der Waals surface area contributed by atoms with Gasteiger partial charge in [-0.3, -0.25) is 9.79 Å². The number of amides is 1. The third-order valence-corrected chi connectivity index (χ3v) is 4.75. The summed E-state index contributed by atoms with van der Waals surface area (Å²) in [5, 5.41) is 3.20. The number of aliphatic imine (C=N–C) groups is 1. The Labute approximate surface area is 166 Å². The maximum absolute atomic E-state index is 11.5. The highest BCUT2D eigenvalue weighted by Gasteiger charge is 2.14.